The summed E-state index contributed by atoms with van der Waals surface area (Å²) >= 11 is 0. The molecule has 1 atom stereocenters. The number of carbonyl (C=O) groups excluding carboxylic acids is 2. The van der Waals surface area contributed by atoms with Crippen LogP contribution in [0.4, 0.5) is 4.79 Å². The second-order valence-electron chi connectivity index (χ2n) is 7.67. The molecule has 2 fully saturated rings. The van der Waals surface area contributed by atoms with Gasteiger partial charge in [-0.2, -0.15) is 5.10 Å². The molecule has 1 aromatic heterocycles. The van der Waals surface area contributed by atoms with Crippen LogP contribution in [-0.2, 0) is 9.53 Å². The maximum absolute atomic E-state index is 12.0. The van der Waals surface area contributed by atoms with Gasteiger partial charge in [0.15, 0.2) is 0 Å². The summed E-state index contributed by atoms with van der Waals surface area (Å²) in [6.45, 7) is 8.90. The van der Waals surface area contributed by atoms with E-state index in [4.69, 9.17) is 4.74 Å². The molecule has 1 unspecified atom stereocenters. The predicted octanol–water partition coefficient (Wildman–Crippen LogP) is 2.82. The Kier molecular flexibility index (Phi) is 3.94. The largest absolute Gasteiger partial charge is 0.444 e. The number of aryl methyl sites for hydroxylation is 1. The number of likely N-dealkylation sites (tertiary alicyclic amines) is 1. The summed E-state index contributed by atoms with van der Waals surface area (Å²) < 4.78 is 7.42. The molecular weight excluding hydrogens is 294 g/mol. The van der Waals surface area contributed by atoms with Crippen molar-refractivity contribution in [2.75, 3.05) is 13.1 Å². The highest BCUT2D eigenvalue weighted by Gasteiger charge is 2.38. The number of nitrogens with zero attached hydrogens (tertiary/aromatic N) is 3. The number of carbonyl (C=O) groups is 2. The summed E-state index contributed by atoms with van der Waals surface area (Å²) in [5.74, 6) is 0.595. The van der Waals surface area contributed by atoms with Crippen molar-refractivity contribution in [1.82, 2.24) is 14.7 Å². The number of Topliss-reactive ketones (excluding diaryl/α,β-unsaturated/α-hetero) is 1. The Morgan fingerprint density at radius 2 is 2.04 bits per heavy atom. The maximum atomic E-state index is 12.0. The van der Waals surface area contributed by atoms with E-state index >= 15 is 0 Å². The molecule has 0 N–H and O–H groups in total. The van der Waals surface area contributed by atoms with Crippen molar-refractivity contribution >= 4 is 11.9 Å². The minimum absolute atomic E-state index is 0.182. The van der Waals surface area contributed by atoms with Gasteiger partial charge >= 0.3 is 6.09 Å². The topological polar surface area (TPSA) is 64.4 Å². The van der Waals surface area contributed by atoms with Crippen molar-refractivity contribution in [3.8, 4) is 0 Å². The molecular formula is C17H25N3O3. The molecule has 23 heavy (non-hydrogen) atoms. The Morgan fingerprint density at radius 1 is 1.35 bits per heavy atom. The number of hydrogen-bond donors (Lipinski definition) is 0. The van der Waals surface area contributed by atoms with Crippen LogP contribution < -0.4 is 0 Å². The molecule has 6 heteroatoms. The minimum atomic E-state index is -0.468. The highest BCUT2D eigenvalue weighted by atomic mass is 16.6. The zero-order chi connectivity index (χ0) is 16.8. The SMILES string of the molecule is Cc1cc(C2CN(C(=O)OC(C)(C)C)C2)n(C2CCC(=O)C2)n1. The van der Waals surface area contributed by atoms with E-state index in [2.05, 4.69) is 11.2 Å². The quantitative estimate of drug-likeness (QED) is 0.841. The Hall–Kier alpha value is -1.85. The van der Waals surface area contributed by atoms with Gasteiger partial charge in [-0.1, -0.05) is 0 Å². The van der Waals surface area contributed by atoms with E-state index in [9.17, 15) is 9.59 Å². The van der Waals surface area contributed by atoms with Gasteiger partial charge in [0.2, 0.25) is 0 Å². The second kappa shape index (κ2) is 5.65. The first-order chi connectivity index (χ1) is 10.7. The van der Waals surface area contributed by atoms with Gasteiger partial charge in [0.25, 0.3) is 0 Å². The van der Waals surface area contributed by atoms with Gasteiger partial charge in [-0.05, 0) is 40.2 Å². The van der Waals surface area contributed by atoms with Gasteiger partial charge in [0, 0.05) is 37.5 Å². The van der Waals surface area contributed by atoms with Gasteiger partial charge < -0.3 is 9.64 Å². The van der Waals surface area contributed by atoms with E-state index in [1.54, 1.807) is 4.90 Å². The number of ketones is 1. The summed E-state index contributed by atoms with van der Waals surface area (Å²) in [6, 6.07) is 2.27. The number of hydrogen-bond acceptors (Lipinski definition) is 4. The van der Waals surface area contributed by atoms with Crippen LogP contribution in [0.2, 0.25) is 0 Å². The molecule has 1 aliphatic carbocycles. The predicted molar refractivity (Wildman–Crippen MR) is 85.4 cm³/mol. The normalized spacial score (nSPS) is 22.3. The lowest BCUT2D eigenvalue weighted by atomic mass is 9.96. The number of ether oxygens (including phenoxy) is 1. The molecule has 0 radical (unpaired) electrons. The van der Waals surface area contributed by atoms with E-state index < -0.39 is 5.60 Å². The lowest BCUT2D eigenvalue weighted by Gasteiger charge is -2.40. The Morgan fingerprint density at radius 3 is 2.61 bits per heavy atom. The molecule has 126 valence electrons. The molecule has 1 saturated heterocycles. The Labute approximate surface area is 136 Å². The monoisotopic (exact) mass is 319 g/mol. The third-order valence-corrected chi connectivity index (χ3v) is 4.40. The zero-order valence-corrected chi connectivity index (χ0v) is 14.3. The van der Waals surface area contributed by atoms with Crippen molar-refractivity contribution in [2.45, 2.75) is 64.5 Å². The number of amides is 1. The fourth-order valence-corrected chi connectivity index (χ4v) is 3.28. The van der Waals surface area contributed by atoms with E-state index in [0.717, 1.165) is 17.8 Å². The van der Waals surface area contributed by atoms with Gasteiger partial charge in [-0.3, -0.25) is 9.48 Å². The first-order valence-corrected chi connectivity index (χ1v) is 8.28. The van der Waals surface area contributed by atoms with Crippen molar-refractivity contribution in [1.29, 1.82) is 0 Å². The molecule has 6 nitrogen and oxygen atoms in total. The minimum Gasteiger partial charge on any atom is -0.444 e. The fraction of sp³-hybridized carbons (Fsp3) is 0.706. The number of rotatable bonds is 2. The van der Waals surface area contributed by atoms with Gasteiger partial charge in [0.1, 0.15) is 11.4 Å². The van der Waals surface area contributed by atoms with E-state index in [1.807, 2.05) is 32.4 Å². The van der Waals surface area contributed by atoms with Crippen LogP contribution in [0.1, 0.15) is 63.4 Å². The maximum Gasteiger partial charge on any atom is 0.410 e. The van der Waals surface area contributed by atoms with Crippen molar-refractivity contribution in [3.63, 3.8) is 0 Å². The highest BCUT2D eigenvalue weighted by Crippen LogP contribution is 2.34. The Bertz CT molecular complexity index is 624. The lowest BCUT2D eigenvalue weighted by Crippen LogP contribution is -2.50. The highest BCUT2D eigenvalue weighted by molar-refractivity contribution is 5.80. The summed E-state index contributed by atoms with van der Waals surface area (Å²) in [7, 11) is 0. The molecule has 1 aliphatic heterocycles. The molecule has 1 amide bonds. The van der Waals surface area contributed by atoms with Crippen LogP contribution in [-0.4, -0.2) is 45.2 Å². The molecule has 3 rings (SSSR count). The first kappa shape index (κ1) is 16.0. The average Bonchev–Trinajstić information content (AvgIpc) is 2.91. The zero-order valence-electron chi connectivity index (χ0n) is 14.3. The van der Waals surface area contributed by atoms with Crippen LogP contribution in [0.3, 0.4) is 0 Å². The molecule has 0 aromatic carbocycles. The summed E-state index contributed by atoms with van der Waals surface area (Å²) in [5.41, 5.74) is 1.64. The average molecular weight is 319 g/mol. The Balaban J connectivity index is 1.66. The van der Waals surface area contributed by atoms with Crippen molar-refractivity contribution in [2.24, 2.45) is 0 Å². The van der Waals surface area contributed by atoms with Crippen molar-refractivity contribution in [3.05, 3.63) is 17.5 Å². The molecule has 0 spiro atoms. The van der Waals surface area contributed by atoms with Crippen molar-refractivity contribution < 1.29 is 14.3 Å². The molecule has 0 bridgehead atoms. The van der Waals surface area contributed by atoms with Gasteiger partial charge in [-0.25, -0.2) is 4.79 Å². The van der Waals surface area contributed by atoms with Gasteiger partial charge in [0.05, 0.1) is 11.7 Å². The molecule has 1 aromatic rings. The molecule has 1 saturated carbocycles. The van der Waals surface area contributed by atoms with E-state index in [-0.39, 0.29) is 18.1 Å². The van der Waals surface area contributed by atoms with Crippen LogP contribution in [0.15, 0.2) is 6.07 Å². The number of aromatic nitrogens is 2. The summed E-state index contributed by atoms with van der Waals surface area (Å²) in [4.78, 5) is 25.3. The molecule has 2 heterocycles. The van der Waals surface area contributed by atoms with Crippen LogP contribution in [0.5, 0.6) is 0 Å². The lowest BCUT2D eigenvalue weighted by molar-refractivity contribution is -0.117. The summed E-state index contributed by atoms with van der Waals surface area (Å²) in [6.07, 6.45) is 1.84. The second-order valence-corrected chi connectivity index (χ2v) is 7.67. The standard InChI is InChI=1S/C17H25N3O3/c1-11-7-15(20(18-11)13-5-6-14(21)8-13)12-9-19(10-12)16(22)23-17(2,3)4/h7,12-13H,5-6,8-10H2,1-4H3. The smallest absolute Gasteiger partial charge is 0.410 e. The third-order valence-electron chi connectivity index (χ3n) is 4.40. The summed E-state index contributed by atoms with van der Waals surface area (Å²) in [5, 5.41) is 4.59. The van der Waals surface area contributed by atoms with E-state index in [1.165, 1.54) is 0 Å². The van der Waals surface area contributed by atoms with Crippen LogP contribution in [0, 0.1) is 6.92 Å². The van der Waals surface area contributed by atoms with E-state index in [0.29, 0.717) is 31.7 Å². The van der Waals surface area contributed by atoms with Gasteiger partial charge in [-0.15, -0.1) is 0 Å². The first-order valence-electron chi connectivity index (χ1n) is 8.28. The van der Waals surface area contributed by atoms with Crippen LogP contribution >= 0.6 is 0 Å². The fourth-order valence-electron chi connectivity index (χ4n) is 3.28. The van der Waals surface area contributed by atoms with Crippen LogP contribution in [0.25, 0.3) is 0 Å². The third kappa shape index (κ3) is 3.41. The molecule has 2 aliphatic rings.